The molecule has 0 rings (SSSR count). The fourth-order valence-corrected chi connectivity index (χ4v) is 0.435. The molecule has 0 aromatic rings. The zero-order valence-electron chi connectivity index (χ0n) is 5.31. The number of nitrogens with one attached hydrogen (secondary N) is 2. The molecule has 0 bridgehead atoms. The van der Waals surface area contributed by atoms with Gasteiger partial charge in [0.2, 0.25) is 0 Å². The summed E-state index contributed by atoms with van der Waals surface area (Å²) in [6.07, 6.45) is 0. The molecule has 0 unspecified atom stereocenters. The molecule has 0 saturated carbocycles. The Morgan fingerprint density at radius 3 is 2.00 bits per heavy atom. The lowest BCUT2D eigenvalue weighted by Crippen LogP contribution is -2.45. The van der Waals surface area contributed by atoms with Crippen LogP contribution >= 0.6 is 0 Å². The predicted octanol–water partition coefficient (Wildman–Crippen LogP) is -1.45. The molecular weight excluding hydrogens is 106 g/mol. The highest BCUT2D eigenvalue weighted by atomic mass is 16.3. The maximum Gasteiger partial charge on any atom is 0.0587 e. The molecule has 0 aliphatic heterocycles. The number of hydrazine groups is 2. The van der Waals surface area contributed by atoms with Crippen molar-refractivity contribution in [1.29, 1.82) is 0 Å². The Morgan fingerprint density at radius 2 is 1.88 bits per heavy atom. The molecule has 0 aromatic heterocycles. The van der Waals surface area contributed by atoms with E-state index in [0.717, 1.165) is 0 Å². The van der Waals surface area contributed by atoms with Gasteiger partial charge >= 0.3 is 0 Å². The summed E-state index contributed by atoms with van der Waals surface area (Å²) in [4.78, 5) is 0. The number of hydrogen-bond acceptors (Lipinski definition) is 4. The van der Waals surface area contributed by atoms with E-state index in [1.165, 1.54) is 0 Å². The van der Waals surface area contributed by atoms with Gasteiger partial charge in [-0.3, -0.25) is 0 Å². The van der Waals surface area contributed by atoms with Crippen molar-refractivity contribution < 1.29 is 5.11 Å². The minimum atomic E-state index is 0.154. The van der Waals surface area contributed by atoms with E-state index in [2.05, 4.69) is 10.9 Å². The van der Waals surface area contributed by atoms with Gasteiger partial charge in [0.1, 0.15) is 0 Å². The van der Waals surface area contributed by atoms with Gasteiger partial charge in [-0.25, -0.2) is 10.9 Å². The first-order chi connectivity index (χ1) is 3.85. The van der Waals surface area contributed by atoms with Crippen LogP contribution < -0.4 is 10.9 Å². The normalized spacial score (nSPS) is 10.5. The van der Waals surface area contributed by atoms with E-state index >= 15 is 0 Å². The Bertz CT molecular complexity index is 46.5. The average molecular weight is 119 g/mol. The third-order valence-corrected chi connectivity index (χ3v) is 0.863. The summed E-state index contributed by atoms with van der Waals surface area (Å²) < 4.78 is 0. The van der Waals surface area contributed by atoms with Gasteiger partial charge < -0.3 is 5.11 Å². The first-order valence-electron chi connectivity index (χ1n) is 2.58. The second kappa shape index (κ2) is 4.99. The second-order valence-corrected chi connectivity index (χ2v) is 1.32. The highest BCUT2D eigenvalue weighted by Crippen LogP contribution is 1.66. The summed E-state index contributed by atoms with van der Waals surface area (Å²) in [5.41, 5.74) is 5.63. The smallest absolute Gasteiger partial charge is 0.0587 e. The largest absolute Gasteiger partial charge is 0.395 e. The van der Waals surface area contributed by atoms with Crippen molar-refractivity contribution in [3.05, 3.63) is 0 Å². The molecule has 0 fully saturated rings. The molecule has 50 valence electrons. The van der Waals surface area contributed by atoms with Crippen LogP contribution in [-0.2, 0) is 0 Å². The lowest BCUT2D eigenvalue weighted by atomic mass is 10.7. The molecule has 0 atom stereocenters. The van der Waals surface area contributed by atoms with Crippen LogP contribution in [0.2, 0.25) is 0 Å². The topological polar surface area (TPSA) is 47.5 Å². The molecule has 0 saturated heterocycles. The molecule has 0 amide bonds. The minimum Gasteiger partial charge on any atom is -0.395 e. The van der Waals surface area contributed by atoms with Crippen LogP contribution in [0.4, 0.5) is 0 Å². The van der Waals surface area contributed by atoms with Gasteiger partial charge in [-0.05, 0) is 0 Å². The van der Waals surface area contributed by atoms with Crippen LogP contribution in [0.3, 0.4) is 0 Å². The Kier molecular flexibility index (Phi) is 4.89. The molecule has 8 heavy (non-hydrogen) atoms. The van der Waals surface area contributed by atoms with Crippen molar-refractivity contribution in [2.75, 3.05) is 27.2 Å². The van der Waals surface area contributed by atoms with E-state index in [9.17, 15) is 0 Å². The summed E-state index contributed by atoms with van der Waals surface area (Å²) in [6.45, 7) is 0.745. The number of aliphatic hydroxyl groups excluding tert-OH is 1. The predicted molar refractivity (Wildman–Crippen MR) is 31.9 cm³/mol. The quantitative estimate of drug-likeness (QED) is 0.396. The number of hydrogen-bond donors (Lipinski definition) is 3. The molecule has 4 heteroatoms. The summed E-state index contributed by atoms with van der Waals surface area (Å²) in [7, 11) is 3.57. The summed E-state index contributed by atoms with van der Waals surface area (Å²) in [5, 5.41) is 10.1. The first-order valence-corrected chi connectivity index (χ1v) is 2.58. The van der Waals surface area contributed by atoms with Crippen molar-refractivity contribution in [3.8, 4) is 0 Å². The molecule has 0 radical (unpaired) electrons. The number of aliphatic hydroxyl groups is 1. The highest BCUT2D eigenvalue weighted by molar-refractivity contribution is 4.35. The van der Waals surface area contributed by atoms with Gasteiger partial charge in [0, 0.05) is 14.1 Å². The van der Waals surface area contributed by atoms with E-state index < -0.39 is 0 Å². The summed E-state index contributed by atoms with van der Waals surface area (Å²) in [5.74, 6) is 0. The van der Waals surface area contributed by atoms with Crippen LogP contribution in [0.5, 0.6) is 0 Å². The van der Waals surface area contributed by atoms with Gasteiger partial charge in [0.15, 0.2) is 0 Å². The minimum absolute atomic E-state index is 0.154. The van der Waals surface area contributed by atoms with Crippen molar-refractivity contribution in [2.24, 2.45) is 0 Å². The van der Waals surface area contributed by atoms with E-state index in [-0.39, 0.29) is 6.61 Å². The van der Waals surface area contributed by atoms with Gasteiger partial charge in [0.25, 0.3) is 0 Å². The maximum atomic E-state index is 8.38. The average Bonchev–Trinajstić information content (AvgIpc) is 1.83. The second-order valence-electron chi connectivity index (χ2n) is 1.32. The van der Waals surface area contributed by atoms with Crippen LogP contribution in [0, 0.1) is 0 Å². The fraction of sp³-hybridized carbons (Fsp3) is 1.00. The summed E-state index contributed by atoms with van der Waals surface area (Å²) >= 11 is 0. The Morgan fingerprint density at radius 1 is 1.38 bits per heavy atom. The van der Waals surface area contributed by atoms with Gasteiger partial charge in [-0.15, -0.1) is 0 Å². The van der Waals surface area contributed by atoms with Crippen LogP contribution in [0.1, 0.15) is 0 Å². The molecule has 0 aliphatic carbocycles. The van der Waals surface area contributed by atoms with E-state index in [1.54, 1.807) is 19.2 Å². The molecule has 3 N–H and O–H groups in total. The van der Waals surface area contributed by atoms with Crippen molar-refractivity contribution in [1.82, 2.24) is 16.0 Å². The Balaban J connectivity index is 3.07. The van der Waals surface area contributed by atoms with Crippen molar-refractivity contribution in [2.45, 2.75) is 0 Å². The fourth-order valence-electron chi connectivity index (χ4n) is 0.435. The number of nitrogens with zero attached hydrogens (tertiary/aromatic N) is 1. The van der Waals surface area contributed by atoms with E-state index in [0.29, 0.717) is 6.54 Å². The van der Waals surface area contributed by atoms with E-state index in [1.807, 2.05) is 0 Å². The molecule has 0 aromatic carbocycles. The van der Waals surface area contributed by atoms with Crippen molar-refractivity contribution >= 4 is 0 Å². The zero-order valence-corrected chi connectivity index (χ0v) is 5.31. The zero-order chi connectivity index (χ0) is 6.41. The lowest BCUT2D eigenvalue weighted by molar-refractivity contribution is 0.110. The lowest BCUT2D eigenvalue weighted by Gasteiger charge is -2.17. The third-order valence-electron chi connectivity index (χ3n) is 0.863. The SMILES string of the molecule is CNN(CCO)NC. The monoisotopic (exact) mass is 119 g/mol. The molecule has 0 aliphatic rings. The molecule has 0 spiro atoms. The first kappa shape index (κ1) is 7.84. The van der Waals surface area contributed by atoms with Gasteiger partial charge in [-0.1, -0.05) is 0 Å². The standard InChI is InChI=1S/C4H13N3O/c1-5-7(6-2)3-4-8/h5-6,8H,3-4H2,1-2H3. The molecule has 4 nitrogen and oxygen atoms in total. The van der Waals surface area contributed by atoms with Crippen molar-refractivity contribution in [3.63, 3.8) is 0 Å². The van der Waals surface area contributed by atoms with Gasteiger partial charge in [0.05, 0.1) is 13.2 Å². The Hall–Kier alpha value is -0.160. The summed E-state index contributed by atoms with van der Waals surface area (Å²) in [6, 6.07) is 0. The van der Waals surface area contributed by atoms with Gasteiger partial charge in [-0.2, -0.15) is 5.12 Å². The maximum absolute atomic E-state index is 8.38. The van der Waals surface area contributed by atoms with Crippen LogP contribution in [0.15, 0.2) is 0 Å². The Labute approximate surface area is 49.4 Å². The number of rotatable bonds is 4. The molecule has 0 heterocycles. The van der Waals surface area contributed by atoms with Crippen LogP contribution in [0.25, 0.3) is 0 Å². The van der Waals surface area contributed by atoms with E-state index in [4.69, 9.17) is 5.11 Å². The molecular formula is C4H13N3O. The third kappa shape index (κ3) is 2.92. The highest BCUT2D eigenvalue weighted by Gasteiger charge is 1.92. The van der Waals surface area contributed by atoms with Crippen LogP contribution in [-0.4, -0.2) is 37.5 Å².